The number of carbonyl (C=O) groups is 1. The fourth-order valence-electron chi connectivity index (χ4n) is 2.44. The van der Waals surface area contributed by atoms with Crippen molar-refractivity contribution < 1.29 is 17.9 Å². The Morgan fingerprint density at radius 3 is 2.32 bits per heavy atom. The first kappa shape index (κ1) is 21.2. The molecule has 1 aromatic heterocycles. The van der Waals surface area contributed by atoms with Gasteiger partial charge in [-0.1, -0.05) is 13.2 Å². The molecule has 28 heavy (non-hydrogen) atoms. The van der Waals surface area contributed by atoms with Gasteiger partial charge < -0.3 is 15.8 Å². The van der Waals surface area contributed by atoms with Crippen molar-refractivity contribution in [3.63, 3.8) is 0 Å². The lowest BCUT2D eigenvalue weighted by molar-refractivity contribution is 0.256. The molecular formula is C18H23N5O4S. The Balaban J connectivity index is 2.30. The van der Waals surface area contributed by atoms with Crippen LogP contribution in [0.25, 0.3) is 11.1 Å². The standard InChI is InChI=1S/C18H23N5O4S/c1-11(2)13-9-20-10-14(12(3)4)16(13)22-18(24)23-28(25,26)15(8-19)17-21-6-5-7-27-17/h8-10H,1,3,5-7,19H2,2,4H3,(H2,20,22,23,24). The number of nitrogens with one attached hydrogen (secondary N) is 2. The summed E-state index contributed by atoms with van der Waals surface area (Å²) >= 11 is 0. The number of hydrogen-bond acceptors (Lipinski definition) is 7. The third kappa shape index (κ3) is 4.77. The predicted octanol–water partition coefficient (Wildman–Crippen LogP) is 2.22. The maximum absolute atomic E-state index is 12.6. The second-order valence-corrected chi connectivity index (χ2v) is 7.80. The monoisotopic (exact) mass is 405 g/mol. The number of amides is 2. The number of ether oxygens (including phenoxy) is 1. The highest BCUT2D eigenvalue weighted by atomic mass is 32.2. The number of rotatable bonds is 6. The number of nitrogens with zero attached hydrogens (tertiary/aromatic N) is 2. The van der Waals surface area contributed by atoms with Crippen LogP contribution in [0.2, 0.25) is 0 Å². The number of hydrogen-bond donors (Lipinski definition) is 3. The number of carbonyl (C=O) groups excluding carboxylic acids is 1. The van der Waals surface area contributed by atoms with E-state index < -0.39 is 21.0 Å². The van der Waals surface area contributed by atoms with Gasteiger partial charge >= 0.3 is 6.03 Å². The van der Waals surface area contributed by atoms with Crippen molar-refractivity contribution >= 4 is 38.8 Å². The molecule has 10 heteroatoms. The summed E-state index contributed by atoms with van der Waals surface area (Å²) in [7, 11) is -4.30. The maximum atomic E-state index is 12.6. The van der Waals surface area contributed by atoms with Crippen molar-refractivity contribution in [2.45, 2.75) is 20.3 Å². The summed E-state index contributed by atoms with van der Waals surface area (Å²) in [6.07, 6.45) is 4.55. The first-order valence-electron chi connectivity index (χ1n) is 8.40. The normalized spacial score (nSPS) is 14.5. The molecular weight excluding hydrogens is 382 g/mol. The molecule has 0 radical (unpaired) electrons. The van der Waals surface area contributed by atoms with Gasteiger partial charge in [0.05, 0.1) is 12.3 Å². The van der Waals surface area contributed by atoms with Crippen LogP contribution in [0.4, 0.5) is 10.5 Å². The van der Waals surface area contributed by atoms with Gasteiger partial charge in [0.15, 0.2) is 4.91 Å². The average molecular weight is 405 g/mol. The summed E-state index contributed by atoms with van der Waals surface area (Å²) in [5.74, 6) is -0.122. The van der Waals surface area contributed by atoms with E-state index >= 15 is 0 Å². The Labute approximate surface area is 164 Å². The van der Waals surface area contributed by atoms with Crippen molar-refractivity contribution in [1.82, 2.24) is 9.71 Å². The minimum Gasteiger partial charge on any atom is -0.477 e. The number of pyridine rings is 1. The smallest absolute Gasteiger partial charge is 0.333 e. The lowest BCUT2D eigenvalue weighted by Gasteiger charge is -2.18. The summed E-state index contributed by atoms with van der Waals surface area (Å²) in [6.45, 7) is 11.9. The Kier molecular flexibility index (Phi) is 6.57. The van der Waals surface area contributed by atoms with Crippen molar-refractivity contribution in [2.75, 3.05) is 18.5 Å². The molecule has 2 rings (SSSR count). The summed E-state index contributed by atoms with van der Waals surface area (Å²) < 4.78 is 32.3. The van der Waals surface area contributed by atoms with Crippen LogP contribution in [0.3, 0.4) is 0 Å². The number of aromatic nitrogens is 1. The first-order valence-corrected chi connectivity index (χ1v) is 9.88. The minimum atomic E-state index is -4.30. The van der Waals surface area contributed by atoms with E-state index in [0.29, 0.717) is 47.5 Å². The van der Waals surface area contributed by atoms with Gasteiger partial charge in [-0.3, -0.25) is 9.98 Å². The Morgan fingerprint density at radius 1 is 1.25 bits per heavy atom. The van der Waals surface area contributed by atoms with Crippen molar-refractivity contribution in [2.24, 2.45) is 10.7 Å². The Morgan fingerprint density at radius 2 is 1.86 bits per heavy atom. The van der Waals surface area contributed by atoms with Crippen molar-refractivity contribution in [3.05, 3.63) is 47.8 Å². The molecule has 150 valence electrons. The topological polar surface area (TPSA) is 136 Å². The van der Waals surface area contributed by atoms with Crippen LogP contribution < -0.4 is 15.8 Å². The van der Waals surface area contributed by atoms with E-state index in [1.165, 1.54) is 12.4 Å². The van der Waals surface area contributed by atoms with Crippen LogP contribution >= 0.6 is 0 Å². The van der Waals surface area contributed by atoms with E-state index in [4.69, 9.17) is 10.5 Å². The number of allylic oxidation sites excluding steroid dienone is 2. The molecule has 1 aromatic rings. The van der Waals surface area contributed by atoms with Crippen LogP contribution in [0.15, 0.2) is 41.6 Å². The lowest BCUT2D eigenvalue weighted by atomic mass is 10.0. The highest BCUT2D eigenvalue weighted by Crippen LogP contribution is 2.29. The SMILES string of the molecule is C=C(C)c1cncc(C(=C)C)c1NC(=O)NS(=O)(=O)C(=CN)C1=NCCCO1. The van der Waals surface area contributed by atoms with E-state index in [0.717, 1.165) is 6.20 Å². The maximum Gasteiger partial charge on any atom is 0.333 e. The van der Waals surface area contributed by atoms with Crippen molar-refractivity contribution in [3.8, 4) is 0 Å². The molecule has 0 aromatic carbocycles. The van der Waals surface area contributed by atoms with Gasteiger partial charge in [-0.15, -0.1) is 0 Å². The van der Waals surface area contributed by atoms with Crippen LogP contribution in [0, 0.1) is 0 Å². The third-order valence-corrected chi connectivity index (χ3v) is 5.12. The van der Waals surface area contributed by atoms with E-state index in [2.05, 4.69) is 28.5 Å². The zero-order valence-corrected chi connectivity index (χ0v) is 16.6. The molecule has 0 saturated carbocycles. The fourth-order valence-corrected chi connectivity index (χ4v) is 3.38. The molecule has 0 atom stereocenters. The molecule has 0 spiro atoms. The Bertz CT molecular complexity index is 947. The highest BCUT2D eigenvalue weighted by molar-refractivity contribution is 7.94. The second-order valence-electron chi connectivity index (χ2n) is 6.15. The van der Waals surface area contributed by atoms with E-state index in [-0.39, 0.29) is 5.90 Å². The van der Waals surface area contributed by atoms with Crippen molar-refractivity contribution in [1.29, 1.82) is 0 Å². The second kappa shape index (κ2) is 8.70. The van der Waals surface area contributed by atoms with Crippen LogP contribution in [0.5, 0.6) is 0 Å². The van der Waals surface area contributed by atoms with Crippen LogP contribution in [0.1, 0.15) is 31.4 Å². The molecule has 2 amide bonds. The zero-order chi connectivity index (χ0) is 20.9. The fraction of sp³-hybridized carbons (Fsp3) is 0.278. The molecule has 0 saturated heterocycles. The van der Waals surface area contributed by atoms with Gasteiger partial charge in [-0.25, -0.2) is 17.9 Å². The number of nitrogens with two attached hydrogens (primary N) is 1. The van der Waals surface area contributed by atoms with Crippen LogP contribution in [-0.4, -0.2) is 38.5 Å². The molecule has 0 fully saturated rings. The average Bonchev–Trinajstić information content (AvgIpc) is 2.62. The molecule has 9 nitrogen and oxygen atoms in total. The number of urea groups is 1. The number of aliphatic imine (C=N–C) groups is 1. The highest BCUT2D eigenvalue weighted by Gasteiger charge is 2.28. The summed E-state index contributed by atoms with van der Waals surface area (Å²) in [5, 5.41) is 2.54. The molecule has 0 aliphatic carbocycles. The molecule has 4 N–H and O–H groups in total. The van der Waals surface area contributed by atoms with E-state index in [1.54, 1.807) is 13.8 Å². The number of sulfonamides is 1. The van der Waals surface area contributed by atoms with Gasteiger partial charge in [0.1, 0.15) is 0 Å². The predicted molar refractivity (Wildman–Crippen MR) is 110 cm³/mol. The summed E-state index contributed by atoms with van der Waals surface area (Å²) in [6, 6.07) is -0.980. The summed E-state index contributed by atoms with van der Waals surface area (Å²) in [4.78, 5) is 20.1. The molecule has 0 bridgehead atoms. The zero-order valence-electron chi connectivity index (χ0n) is 15.8. The Hall–Kier alpha value is -3.14. The van der Waals surface area contributed by atoms with Gasteiger partial charge in [0.2, 0.25) is 5.90 Å². The minimum absolute atomic E-state index is 0.122. The first-order chi connectivity index (χ1) is 13.2. The quantitative estimate of drug-likeness (QED) is 0.664. The third-order valence-electron chi connectivity index (χ3n) is 3.78. The van der Waals surface area contributed by atoms with Gasteiger partial charge in [-0.05, 0) is 25.0 Å². The number of anilines is 1. The molecule has 1 aliphatic rings. The van der Waals surface area contributed by atoms with Gasteiger partial charge in [0, 0.05) is 42.7 Å². The van der Waals surface area contributed by atoms with E-state index in [1.807, 2.05) is 4.72 Å². The van der Waals surface area contributed by atoms with Crippen LogP contribution in [-0.2, 0) is 14.8 Å². The lowest BCUT2D eigenvalue weighted by Crippen LogP contribution is -2.38. The largest absolute Gasteiger partial charge is 0.477 e. The van der Waals surface area contributed by atoms with Gasteiger partial charge in [0.25, 0.3) is 10.0 Å². The molecule has 2 heterocycles. The molecule has 0 unspecified atom stereocenters. The van der Waals surface area contributed by atoms with Gasteiger partial charge in [-0.2, -0.15) is 0 Å². The molecule has 1 aliphatic heterocycles. The van der Waals surface area contributed by atoms with E-state index in [9.17, 15) is 13.2 Å². The summed E-state index contributed by atoms with van der Waals surface area (Å²) in [5.41, 5.74) is 8.19.